The molecule has 3 aromatic rings. The van der Waals surface area contributed by atoms with Crippen LogP contribution in [0, 0.1) is 6.92 Å². The molecule has 2 aromatic heterocycles. The SMILES string of the molecule is Cc1cc(C(=O)N2CC3(C2)OCc2nc(-c4ccccc4)ncc23)no1. The predicted octanol–water partition coefficient (Wildman–Crippen LogP) is 2.32. The van der Waals surface area contributed by atoms with Gasteiger partial charge >= 0.3 is 0 Å². The molecule has 0 unspecified atom stereocenters. The minimum absolute atomic E-state index is 0.147. The molecule has 1 fully saturated rings. The fourth-order valence-electron chi connectivity index (χ4n) is 3.52. The average Bonchev–Trinajstić information content (AvgIpc) is 3.24. The number of aryl methyl sites for hydroxylation is 1. The van der Waals surface area contributed by atoms with Gasteiger partial charge in [-0.15, -0.1) is 0 Å². The molecule has 0 radical (unpaired) electrons. The van der Waals surface area contributed by atoms with E-state index in [0.29, 0.717) is 37.0 Å². The van der Waals surface area contributed by atoms with Crippen molar-refractivity contribution in [3.05, 3.63) is 65.3 Å². The van der Waals surface area contributed by atoms with E-state index < -0.39 is 5.60 Å². The number of benzene rings is 1. The smallest absolute Gasteiger partial charge is 0.276 e. The Morgan fingerprint density at radius 2 is 2.04 bits per heavy atom. The van der Waals surface area contributed by atoms with Crippen molar-refractivity contribution in [1.29, 1.82) is 0 Å². The molecule has 0 aliphatic carbocycles. The molecule has 7 heteroatoms. The van der Waals surface area contributed by atoms with Crippen molar-refractivity contribution in [1.82, 2.24) is 20.0 Å². The van der Waals surface area contributed by atoms with E-state index in [1.54, 1.807) is 17.9 Å². The van der Waals surface area contributed by atoms with Gasteiger partial charge in [0.2, 0.25) is 0 Å². The molecular weight excluding hydrogens is 332 g/mol. The van der Waals surface area contributed by atoms with Crippen LogP contribution in [0.1, 0.15) is 27.5 Å². The molecule has 130 valence electrons. The van der Waals surface area contributed by atoms with Crippen LogP contribution < -0.4 is 0 Å². The van der Waals surface area contributed by atoms with Gasteiger partial charge in [-0.1, -0.05) is 35.5 Å². The van der Waals surface area contributed by atoms with Crippen LogP contribution in [-0.4, -0.2) is 39.0 Å². The van der Waals surface area contributed by atoms with Crippen LogP contribution in [-0.2, 0) is 16.9 Å². The second kappa shape index (κ2) is 5.47. The van der Waals surface area contributed by atoms with Crippen LogP contribution in [0.15, 0.2) is 47.1 Å². The van der Waals surface area contributed by atoms with E-state index in [-0.39, 0.29) is 5.91 Å². The lowest BCUT2D eigenvalue weighted by atomic mass is 9.87. The van der Waals surface area contributed by atoms with Gasteiger partial charge in [-0.2, -0.15) is 0 Å². The number of ether oxygens (including phenoxy) is 1. The lowest BCUT2D eigenvalue weighted by Crippen LogP contribution is -2.61. The fraction of sp³-hybridized carbons (Fsp3) is 0.263. The van der Waals surface area contributed by atoms with Gasteiger partial charge in [0.25, 0.3) is 5.91 Å². The number of carbonyl (C=O) groups excluding carboxylic acids is 1. The highest BCUT2D eigenvalue weighted by Crippen LogP contribution is 2.43. The molecule has 2 aliphatic heterocycles. The molecule has 0 bridgehead atoms. The third-order valence-electron chi connectivity index (χ3n) is 4.90. The maximum atomic E-state index is 12.4. The van der Waals surface area contributed by atoms with E-state index in [9.17, 15) is 4.79 Å². The molecule has 26 heavy (non-hydrogen) atoms. The van der Waals surface area contributed by atoms with Gasteiger partial charge in [0.05, 0.1) is 25.4 Å². The van der Waals surface area contributed by atoms with Crippen LogP contribution in [0.5, 0.6) is 0 Å². The van der Waals surface area contributed by atoms with E-state index in [1.165, 1.54) is 0 Å². The Morgan fingerprint density at radius 3 is 2.77 bits per heavy atom. The molecule has 0 saturated carbocycles. The maximum Gasteiger partial charge on any atom is 0.276 e. The average molecular weight is 348 g/mol. The first kappa shape index (κ1) is 15.2. The second-order valence-electron chi connectivity index (χ2n) is 6.69. The van der Waals surface area contributed by atoms with Crippen LogP contribution >= 0.6 is 0 Å². The summed E-state index contributed by atoms with van der Waals surface area (Å²) in [5.74, 6) is 1.16. The van der Waals surface area contributed by atoms with Crippen LogP contribution in [0.4, 0.5) is 0 Å². The predicted molar refractivity (Wildman–Crippen MR) is 91.1 cm³/mol. The lowest BCUT2D eigenvalue weighted by Gasteiger charge is -2.46. The summed E-state index contributed by atoms with van der Waals surface area (Å²) in [7, 11) is 0. The van der Waals surface area contributed by atoms with Crippen molar-refractivity contribution in [2.24, 2.45) is 0 Å². The van der Waals surface area contributed by atoms with Crippen LogP contribution in [0.3, 0.4) is 0 Å². The molecule has 5 rings (SSSR count). The van der Waals surface area contributed by atoms with Gasteiger partial charge in [-0.25, -0.2) is 9.97 Å². The van der Waals surface area contributed by atoms with Crippen molar-refractivity contribution in [3.63, 3.8) is 0 Å². The van der Waals surface area contributed by atoms with Gasteiger partial charge in [0, 0.05) is 23.4 Å². The van der Waals surface area contributed by atoms with Crippen molar-refractivity contribution in [2.75, 3.05) is 13.1 Å². The number of hydrogen-bond acceptors (Lipinski definition) is 6. The van der Waals surface area contributed by atoms with Gasteiger partial charge in [-0.05, 0) is 6.92 Å². The topological polar surface area (TPSA) is 81.4 Å². The summed E-state index contributed by atoms with van der Waals surface area (Å²) < 4.78 is 11.0. The second-order valence-corrected chi connectivity index (χ2v) is 6.69. The zero-order chi connectivity index (χ0) is 17.7. The molecule has 1 aromatic carbocycles. The summed E-state index contributed by atoms with van der Waals surface area (Å²) in [6, 6.07) is 11.5. The number of amides is 1. The van der Waals surface area contributed by atoms with E-state index >= 15 is 0 Å². The number of rotatable bonds is 2. The largest absolute Gasteiger partial charge is 0.361 e. The summed E-state index contributed by atoms with van der Waals surface area (Å²) in [5.41, 5.74) is 2.66. The molecule has 1 saturated heterocycles. The first-order chi connectivity index (χ1) is 12.6. The summed E-state index contributed by atoms with van der Waals surface area (Å²) in [6.45, 7) is 3.14. The van der Waals surface area contributed by atoms with Crippen molar-refractivity contribution in [2.45, 2.75) is 19.1 Å². The normalized spacial score (nSPS) is 17.2. The highest BCUT2D eigenvalue weighted by molar-refractivity contribution is 5.93. The van der Waals surface area contributed by atoms with E-state index in [4.69, 9.17) is 9.26 Å². The van der Waals surface area contributed by atoms with Crippen molar-refractivity contribution < 1.29 is 14.1 Å². The summed E-state index contributed by atoms with van der Waals surface area (Å²) in [4.78, 5) is 23.3. The highest BCUT2D eigenvalue weighted by Gasteiger charge is 2.53. The van der Waals surface area contributed by atoms with Gasteiger partial charge in [0.15, 0.2) is 11.5 Å². The molecule has 4 heterocycles. The van der Waals surface area contributed by atoms with Crippen molar-refractivity contribution >= 4 is 5.91 Å². The number of aromatic nitrogens is 3. The van der Waals surface area contributed by atoms with Crippen LogP contribution in [0.2, 0.25) is 0 Å². The molecule has 1 amide bonds. The quantitative estimate of drug-likeness (QED) is 0.707. The standard InChI is InChI=1S/C19H16N4O3/c1-12-7-15(22-26-12)18(24)23-10-19(11-23)14-8-20-17(21-16(14)9-25-19)13-5-3-2-4-6-13/h2-8H,9-11H2,1H3. The maximum absolute atomic E-state index is 12.4. The van der Waals surface area contributed by atoms with E-state index in [2.05, 4.69) is 15.1 Å². The minimum Gasteiger partial charge on any atom is -0.361 e. The number of nitrogens with zero attached hydrogens (tertiary/aromatic N) is 4. The third-order valence-corrected chi connectivity index (χ3v) is 4.90. The van der Waals surface area contributed by atoms with E-state index in [1.807, 2.05) is 36.5 Å². The number of fused-ring (bicyclic) bond motifs is 2. The van der Waals surface area contributed by atoms with Gasteiger partial charge in [-0.3, -0.25) is 4.79 Å². The third kappa shape index (κ3) is 2.24. The van der Waals surface area contributed by atoms with Gasteiger partial charge in [0.1, 0.15) is 11.4 Å². The minimum atomic E-state index is -0.501. The van der Waals surface area contributed by atoms with Crippen LogP contribution in [0.25, 0.3) is 11.4 Å². The Morgan fingerprint density at radius 1 is 1.23 bits per heavy atom. The highest BCUT2D eigenvalue weighted by atomic mass is 16.5. The Labute approximate surface area is 149 Å². The molecule has 0 N–H and O–H groups in total. The van der Waals surface area contributed by atoms with E-state index in [0.717, 1.165) is 16.8 Å². The molecule has 0 atom stereocenters. The summed E-state index contributed by atoms with van der Waals surface area (Å²) in [5, 5.41) is 3.79. The zero-order valence-electron chi connectivity index (χ0n) is 14.2. The first-order valence-corrected chi connectivity index (χ1v) is 8.43. The molecule has 2 aliphatic rings. The summed E-state index contributed by atoms with van der Waals surface area (Å²) >= 11 is 0. The Balaban J connectivity index is 1.37. The Kier molecular flexibility index (Phi) is 3.20. The zero-order valence-corrected chi connectivity index (χ0v) is 14.2. The fourth-order valence-corrected chi connectivity index (χ4v) is 3.52. The van der Waals surface area contributed by atoms with Crippen molar-refractivity contribution in [3.8, 4) is 11.4 Å². The number of likely N-dealkylation sites (tertiary alicyclic amines) is 1. The molecule has 1 spiro atoms. The first-order valence-electron chi connectivity index (χ1n) is 8.43. The summed E-state index contributed by atoms with van der Waals surface area (Å²) in [6.07, 6.45) is 1.83. The number of hydrogen-bond donors (Lipinski definition) is 0. The Bertz CT molecular complexity index is 993. The monoisotopic (exact) mass is 348 g/mol. The lowest BCUT2D eigenvalue weighted by molar-refractivity contribution is -0.126. The molecule has 7 nitrogen and oxygen atoms in total. The Hall–Kier alpha value is -3.06. The molecular formula is C19H16N4O3. The number of carbonyl (C=O) groups is 1. The van der Waals surface area contributed by atoms with Gasteiger partial charge < -0.3 is 14.2 Å².